The Bertz CT molecular complexity index is 579. The number of nitrogen functional groups attached to an aromatic ring is 1. The van der Waals surface area contributed by atoms with Gasteiger partial charge >= 0.3 is 6.18 Å². The van der Waals surface area contributed by atoms with Gasteiger partial charge in [-0.15, -0.1) is 0 Å². The third kappa shape index (κ3) is 4.20. The van der Waals surface area contributed by atoms with Crippen molar-refractivity contribution in [2.24, 2.45) is 5.84 Å². The van der Waals surface area contributed by atoms with Gasteiger partial charge in [0.25, 0.3) is 11.6 Å². The first-order valence-electron chi connectivity index (χ1n) is 5.33. The highest BCUT2D eigenvalue weighted by Gasteiger charge is 2.32. The molecule has 0 aliphatic rings. The number of alkyl halides is 3. The van der Waals surface area contributed by atoms with E-state index in [9.17, 15) is 28.1 Å². The predicted molar refractivity (Wildman–Crippen MR) is 68.9 cm³/mol. The van der Waals surface area contributed by atoms with Gasteiger partial charge in [-0.25, -0.2) is 0 Å². The highest BCUT2D eigenvalue weighted by atomic mass is 35.5. The van der Waals surface area contributed by atoms with E-state index in [-0.39, 0.29) is 16.3 Å². The molecular formula is C10H10ClF3N4O3. The molecule has 3 N–H and O–H groups in total. The molecule has 0 spiro atoms. The molecule has 0 unspecified atom stereocenters. The fourth-order valence-electron chi connectivity index (χ4n) is 1.56. The number of carbonyl (C=O) groups excluding carboxylic acids is 1. The lowest BCUT2D eigenvalue weighted by atomic mass is 10.1. The van der Waals surface area contributed by atoms with Gasteiger partial charge in [0.05, 0.1) is 9.95 Å². The van der Waals surface area contributed by atoms with Gasteiger partial charge in [0.15, 0.2) is 0 Å². The van der Waals surface area contributed by atoms with E-state index in [1.54, 1.807) is 0 Å². The van der Waals surface area contributed by atoms with Gasteiger partial charge in [0.2, 0.25) is 0 Å². The third-order valence-corrected chi connectivity index (χ3v) is 2.72. The molecule has 0 radical (unpaired) electrons. The number of nitrogens with one attached hydrogen (secondary N) is 1. The van der Waals surface area contributed by atoms with E-state index in [1.165, 1.54) is 0 Å². The van der Waals surface area contributed by atoms with Crippen molar-refractivity contribution in [2.45, 2.75) is 6.18 Å². The molecule has 21 heavy (non-hydrogen) atoms. The van der Waals surface area contributed by atoms with Gasteiger partial charge in [-0.2, -0.15) is 13.2 Å². The second-order valence-electron chi connectivity index (χ2n) is 4.03. The van der Waals surface area contributed by atoms with Crippen LogP contribution in [0.1, 0.15) is 10.4 Å². The minimum Gasteiger partial charge on any atom is -0.333 e. The molecule has 0 bridgehead atoms. The van der Waals surface area contributed by atoms with E-state index in [2.05, 4.69) is 0 Å². The van der Waals surface area contributed by atoms with E-state index in [0.717, 1.165) is 19.2 Å². The maximum atomic E-state index is 12.2. The summed E-state index contributed by atoms with van der Waals surface area (Å²) in [5.74, 6) is 4.02. The topological polar surface area (TPSA) is 102 Å². The molecule has 7 nitrogen and oxygen atoms in total. The first-order chi connectivity index (χ1) is 9.56. The average Bonchev–Trinajstić information content (AvgIpc) is 2.34. The lowest BCUT2D eigenvalue weighted by molar-refractivity contribution is -0.384. The molecule has 0 saturated carbocycles. The van der Waals surface area contributed by atoms with Crippen LogP contribution in [0.2, 0.25) is 5.02 Å². The first kappa shape index (κ1) is 17.0. The van der Waals surface area contributed by atoms with Gasteiger partial charge in [0, 0.05) is 18.7 Å². The molecule has 0 aromatic heterocycles. The van der Waals surface area contributed by atoms with E-state index in [1.807, 2.05) is 5.43 Å². The number of rotatable bonds is 4. The fraction of sp³-hybridized carbons (Fsp3) is 0.300. The monoisotopic (exact) mass is 326 g/mol. The SMILES string of the molecule is CN(CC(F)(F)F)C(=O)c1cc(Cl)c(NN)c([N+](=O)[O-])c1. The van der Waals surface area contributed by atoms with Crippen LogP contribution in [0, 0.1) is 10.1 Å². The number of nitro groups is 1. The summed E-state index contributed by atoms with van der Waals surface area (Å²) in [7, 11) is 0.921. The number of benzene rings is 1. The second kappa shape index (κ2) is 6.14. The lowest BCUT2D eigenvalue weighted by Gasteiger charge is -2.19. The van der Waals surface area contributed by atoms with Crippen molar-refractivity contribution >= 4 is 28.9 Å². The van der Waals surface area contributed by atoms with E-state index >= 15 is 0 Å². The van der Waals surface area contributed by atoms with E-state index in [4.69, 9.17) is 17.4 Å². The quantitative estimate of drug-likeness (QED) is 0.501. The van der Waals surface area contributed by atoms with Crippen molar-refractivity contribution in [3.63, 3.8) is 0 Å². The number of halogens is 4. The first-order valence-corrected chi connectivity index (χ1v) is 5.71. The van der Waals surface area contributed by atoms with Crippen LogP contribution < -0.4 is 11.3 Å². The Hall–Kier alpha value is -2.07. The number of hydrogen-bond donors (Lipinski definition) is 2. The highest BCUT2D eigenvalue weighted by molar-refractivity contribution is 6.34. The van der Waals surface area contributed by atoms with Gasteiger partial charge in [-0.05, 0) is 6.07 Å². The molecule has 1 aromatic rings. The Morgan fingerprint density at radius 3 is 2.52 bits per heavy atom. The number of anilines is 1. The average molecular weight is 327 g/mol. The molecule has 0 aliphatic heterocycles. The van der Waals surface area contributed by atoms with Gasteiger partial charge in [-0.1, -0.05) is 11.6 Å². The maximum absolute atomic E-state index is 12.2. The number of hydrogen-bond acceptors (Lipinski definition) is 5. The third-order valence-electron chi connectivity index (χ3n) is 2.42. The summed E-state index contributed by atoms with van der Waals surface area (Å²) in [4.78, 5) is 22.2. The minimum absolute atomic E-state index is 0.239. The second-order valence-corrected chi connectivity index (χ2v) is 4.44. The summed E-state index contributed by atoms with van der Waals surface area (Å²) >= 11 is 5.72. The molecule has 0 fully saturated rings. The number of nitrogens with two attached hydrogens (primary N) is 1. The molecule has 0 atom stereocenters. The molecule has 1 aromatic carbocycles. The van der Waals surface area contributed by atoms with Crippen molar-refractivity contribution < 1.29 is 22.9 Å². The molecular weight excluding hydrogens is 317 g/mol. The van der Waals surface area contributed by atoms with Crippen molar-refractivity contribution in [2.75, 3.05) is 19.0 Å². The summed E-state index contributed by atoms with van der Waals surface area (Å²) in [6.45, 7) is -1.49. The standard InChI is InChI=1S/C10H10ClF3N4O3/c1-17(4-10(12,13)14)9(19)5-2-6(11)8(16-15)7(3-5)18(20)21/h2-3,16H,4,15H2,1H3. The normalized spacial score (nSPS) is 11.1. The van der Waals surface area contributed by atoms with Gasteiger partial charge in [0.1, 0.15) is 12.2 Å². The Morgan fingerprint density at radius 1 is 1.52 bits per heavy atom. The van der Waals surface area contributed by atoms with Crippen LogP contribution in [-0.2, 0) is 0 Å². The number of nitrogens with zero attached hydrogens (tertiary/aromatic N) is 2. The van der Waals surface area contributed by atoms with Gasteiger partial charge < -0.3 is 10.3 Å². The van der Waals surface area contributed by atoms with E-state index in [0.29, 0.717) is 4.90 Å². The Balaban J connectivity index is 3.20. The largest absolute Gasteiger partial charge is 0.406 e. The number of hydrazine groups is 1. The van der Waals surface area contributed by atoms with Crippen molar-refractivity contribution in [3.05, 3.63) is 32.8 Å². The Morgan fingerprint density at radius 2 is 2.10 bits per heavy atom. The van der Waals surface area contributed by atoms with Crippen molar-refractivity contribution in [3.8, 4) is 0 Å². The zero-order valence-electron chi connectivity index (χ0n) is 10.6. The van der Waals surface area contributed by atoms with Crippen LogP contribution in [0.3, 0.4) is 0 Å². The summed E-state index contributed by atoms with van der Waals surface area (Å²) < 4.78 is 36.7. The number of amides is 1. The highest BCUT2D eigenvalue weighted by Crippen LogP contribution is 2.33. The molecule has 116 valence electrons. The van der Waals surface area contributed by atoms with Crippen molar-refractivity contribution in [1.82, 2.24) is 4.90 Å². The van der Waals surface area contributed by atoms with Crippen LogP contribution >= 0.6 is 11.6 Å². The van der Waals surface area contributed by atoms with Crippen LogP contribution in [0.4, 0.5) is 24.5 Å². The summed E-state index contributed by atoms with van der Waals surface area (Å²) in [6.07, 6.45) is -4.58. The minimum atomic E-state index is -4.58. The van der Waals surface area contributed by atoms with Crippen LogP contribution in [0.15, 0.2) is 12.1 Å². The zero-order valence-corrected chi connectivity index (χ0v) is 11.3. The van der Waals surface area contributed by atoms with Crippen molar-refractivity contribution in [1.29, 1.82) is 0 Å². The number of carbonyl (C=O) groups is 1. The zero-order chi connectivity index (χ0) is 16.4. The fourth-order valence-corrected chi connectivity index (χ4v) is 1.83. The van der Waals surface area contributed by atoms with Crippen LogP contribution in [0.25, 0.3) is 0 Å². The van der Waals surface area contributed by atoms with Crippen LogP contribution in [0.5, 0.6) is 0 Å². The molecule has 0 heterocycles. The lowest BCUT2D eigenvalue weighted by Crippen LogP contribution is -2.35. The van der Waals surface area contributed by atoms with Gasteiger partial charge in [-0.3, -0.25) is 20.8 Å². The van der Waals surface area contributed by atoms with E-state index < -0.39 is 29.2 Å². The maximum Gasteiger partial charge on any atom is 0.406 e. The summed E-state index contributed by atoms with van der Waals surface area (Å²) in [5, 5.41) is 10.6. The predicted octanol–water partition coefficient (Wildman–Crippen LogP) is 2.17. The summed E-state index contributed by atoms with van der Waals surface area (Å²) in [6, 6.07) is 1.80. The molecule has 0 aliphatic carbocycles. The number of nitro benzene ring substituents is 1. The smallest absolute Gasteiger partial charge is 0.333 e. The molecule has 1 rings (SSSR count). The summed E-state index contributed by atoms with van der Waals surface area (Å²) in [5.41, 5.74) is 0.795. The Kier molecular flexibility index (Phi) is 4.97. The molecule has 1 amide bonds. The van der Waals surface area contributed by atoms with Crippen LogP contribution in [-0.4, -0.2) is 35.5 Å². The Labute approximate surface area is 121 Å². The molecule has 11 heteroatoms. The molecule has 0 saturated heterocycles.